The fraction of sp³-hybridized carbons (Fsp3) is 0.154. The van der Waals surface area contributed by atoms with E-state index in [0.29, 0.717) is 0 Å². The van der Waals surface area contributed by atoms with Crippen LogP contribution < -0.4 is 10.5 Å². The van der Waals surface area contributed by atoms with Gasteiger partial charge in [0, 0.05) is 5.69 Å². The van der Waals surface area contributed by atoms with Gasteiger partial charge in [-0.2, -0.15) is 0 Å². The number of aromatic carboxylic acids is 1. The lowest BCUT2D eigenvalue weighted by molar-refractivity contribution is 0.0686. The number of hydrogen-bond donors (Lipinski definition) is 2. The third-order valence-corrected chi connectivity index (χ3v) is 2.14. The van der Waals surface area contributed by atoms with Crippen LogP contribution >= 0.6 is 0 Å². The van der Waals surface area contributed by atoms with Crippen molar-refractivity contribution in [3.63, 3.8) is 0 Å². The summed E-state index contributed by atoms with van der Waals surface area (Å²) in [5.41, 5.74) is 7.39. The maximum absolute atomic E-state index is 10.4. The van der Waals surface area contributed by atoms with E-state index in [9.17, 15) is 4.79 Å². The number of methoxy groups -OCH3 is 1. The maximum atomic E-state index is 10.4. The van der Waals surface area contributed by atoms with E-state index in [2.05, 4.69) is 9.97 Å². The van der Waals surface area contributed by atoms with Gasteiger partial charge in [0.05, 0.1) is 13.3 Å². The van der Waals surface area contributed by atoms with Gasteiger partial charge in [-0.05, 0) is 24.6 Å². The molecule has 0 unspecified atom stereocenters. The van der Waals surface area contributed by atoms with Crippen molar-refractivity contribution in [2.24, 2.45) is 0 Å². The number of anilines is 1. The molecule has 0 aliphatic heterocycles. The first kappa shape index (κ1) is 14.4. The summed E-state index contributed by atoms with van der Waals surface area (Å²) >= 11 is 0. The van der Waals surface area contributed by atoms with Crippen molar-refractivity contribution < 1.29 is 14.6 Å². The Hall–Kier alpha value is -2.63. The predicted octanol–water partition coefficient (Wildman–Crippen LogP) is 1.76. The third-order valence-electron chi connectivity index (χ3n) is 2.14. The van der Waals surface area contributed by atoms with Gasteiger partial charge in [0.15, 0.2) is 11.4 Å². The average molecular weight is 261 g/mol. The molecule has 6 heteroatoms. The number of nitrogens with two attached hydrogens (primary N) is 1. The highest BCUT2D eigenvalue weighted by molar-refractivity contribution is 5.88. The van der Waals surface area contributed by atoms with Crippen molar-refractivity contribution in [1.29, 1.82) is 0 Å². The molecule has 2 aromatic rings. The second-order valence-corrected chi connectivity index (χ2v) is 3.66. The Morgan fingerprint density at radius 1 is 1.42 bits per heavy atom. The van der Waals surface area contributed by atoms with Gasteiger partial charge in [-0.1, -0.05) is 12.1 Å². The molecule has 0 radical (unpaired) electrons. The molecule has 0 atom stereocenters. The topological polar surface area (TPSA) is 98.3 Å². The van der Waals surface area contributed by atoms with Crippen molar-refractivity contribution in [2.45, 2.75) is 6.92 Å². The van der Waals surface area contributed by atoms with Crippen LogP contribution in [-0.4, -0.2) is 28.2 Å². The lowest BCUT2D eigenvalue weighted by atomic mass is 10.2. The Morgan fingerprint density at radius 2 is 2.16 bits per heavy atom. The van der Waals surface area contributed by atoms with Crippen molar-refractivity contribution in [2.75, 3.05) is 12.8 Å². The molecular formula is C13H15N3O3. The molecule has 6 nitrogen and oxygen atoms in total. The molecule has 0 saturated heterocycles. The van der Waals surface area contributed by atoms with E-state index in [0.717, 1.165) is 12.0 Å². The molecule has 0 aliphatic rings. The number of rotatable bonds is 2. The Bertz CT molecular complexity index is 541. The Labute approximate surface area is 110 Å². The molecule has 0 spiro atoms. The quantitative estimate of drug-likeness (QED) is 0.799. The number of carboxylic acid groups (broad SMARTS) is 1. The van der Waals surface area contributed by atoms with Gasteiger partial charge < -0.3 is 15.6 Å². The van der Waals surface area contributed by atoms with Crippen molar-refractivity contribution in [1.82, 2.24) is 9.97 Å². The molecule has 1 aromatic carbocycles. The zero-order chi connectivity index (χ0) is 14.3. The van der Waals surface area contributed by atoms with E-state index < -0.39 is 5.97 Å². The molecule has 0 amide bonds. The number of aryl methyl sites for hydroxylation is 1. The summed E-state index contributed by atoms with van der Waals surface area (Å²) in [6.07, 6.45) is 2.46. The lowest BCUT2D eigenvalue weighted by Crippen LogP contribution is -2.03. The Balaban J connectivity index is 0.000000200. The van der Waals surface area contributed by atoms with Crippen molar-refractivity contribution >= 4 is 11.7 Å². The van der Waals surface area contributed by atoms with Crippen LogP contribution in [0.4, 0.5) is 5.69 Å². The zero-order valence-electron chi connectivity index (χ0n) is 10.7. The van der Waals surface area contributed by atoms with E-state index in [4.69, 9.17) is 15.6 Å². The summed E-state index contributed by atoms with van der Waals surface area (Å²) < 4.78 is 4.70. The highest BCUT2D eigenvalue weighted by Crippen LogP contribution is 2.11. The van der Waals surface area contributed by atoms with Crippen LogP contribution in [0.1, 0.15) is 16.1 Å². The molecule has 0 fully saturated rings. The summed E-state index contributed by atoms with van der Waals surface area (Å²) in [6, 6.07) is 7.80. The standard InChI is InChI=1S/C7H9N.C6H6N2O3/c1-6-3-2-4-7(8)5-6;1-11-4-2-7-3-8-5(4)6(9)10/h2-5H,8H2,1H3;2-3H,1H3,(H,9,10). The molecule has 3 N–H and O–H groups in total. The fourth-order valence-corrected chi connectivity index (χ4v) is 1.30. The van der Waals surface area contributed by atoms with Crippen molar-refractivity contribution in [3.05, 3.63) is 48.0 Å². The number of ether oxygens (including phenoxy) is 1. The summed E-state index contributed by atoms with van der Waals surface area (Å²) in [5, 5.41) is 8.53. The molecule has 1 aromatic heterocycles. The van der Waals surface area contributed by atoms with Crippen LogP contribution in [0.25, 0.3) is 0 Å². The number of carbonyl (C=O) groups is 1. The van der Waals surface area contributed by atoms with Gasteiger partial charge in [0.1, 0.15) is 6.33 Å². The number of hydrogen-bond acceptors (Lipinski definition) is 5. The van der Waals surface area contributed by atoms with Crippen LogP contribution in [-0.2, 0) is 0 Å². The number of nitrogen functional groups attached to an aromatic ring is 1. The highest BCUT2D eigenvalue weighted by atomic mass is 16.5. The third kappa shape index (κ3) is 4.63. The minimum Gasteiger partial charge on any atom is -0.493 e. The van der Waals surface area contributed by atoms with Crippen LogP contribution in [0.15, 0.2) is 36.8 Å². The molecule has 0 bridgehead atoms. The van der Waals surface area contributed by atoms with Crippen LogP contribution in [0.5, 0.6) is 5.75 Å². The summed E-state index contributed by atoms with van der Waals surface area (Å²) in [6.45, 7) is 2.02. The van der Waals surface area contributed by atoms with E-state index in [1.54, 1.807) is 0 Å². The SMILES string of the molecule is COc1cncnc1C(=O)O.Cc1cccc(N)c1. The first-order valence-corrected chi connectivity index (χ1v) is 5.44. The normalized spacial score (nSPS) is 9.16. The summed E-state index contributed by atoms with van der Waals surface area (Å²) in [4.78, 5) is 17.5. The Kier molecular flexibility index (Phi) is 5.28. The smallest absolute Gasteiger partial charge is 0.358 e. The second-order valence-electron chi connectivity index (χ2n) is 3.66. The van der Waals surface area contributed by atoms with Crippen molar-refractivity contribution in [3.8, 4) is 5.75 Å². The molecule has 19 heavy (non-hydrogen) atoms. The number of benzene rings is 1. The first-order chi connectivity index (χ1) is 9.04. The molecule has 0 aliphatic carbocycles. The predicted molar refractivity (Wildman–Crippen MR) is 71.1 cm³/mol. The van der Waals surface area contributed by atoms with E-state index in [1.165, 1.54) is 18.9 Å². The highest BCUT2D eigenvalue weighted by Gasteiger charge is 2.10. The van der Waals surface area contributed by atoms with E-state index >= 15 is 0 Å². The number of aromatic nitrogens is 2. The van der Waals surface area contributed by atoms with Gasteiger partial charge in [0.25, 0.3) is 0 Å². The minimum absolute atomic E-state index is 0.123. The second kappa shape index (κ2) is 6.95. The van der Waals surface area contributed by atoms with Gasteiger partial charge >= 0.3 is 5.97 Å². The zero-order valence-corrected chi connectivity index (χ0v) is 10.7. The van der Waals surface area contributed by atoms with Gasteiger partial charge in [0.2, 0.25) is 0 Å². The van der Waals surface area contributed by atoms with E-state index in [1.807, 2.05) is 31.2 Å². The number of nitrogens with zero attached hydrogens (tertiary/aromatic N) is 2. The summed E-state index contributed by atoms with van der Waals surface area (Å²) in [7, 11) is 1.37. The largest absolute Gasteiger partial charge is 0.493 e. The van der Waals surface area contributed by atoms with Gasteiger partial charge in [-0.15, -0.1) is 0 Å². The molecule has 2 rings (SSSR count). The first-order valence-electron chi connectivity index (χ1n) is 5.44. The summed E-state index contributed by atoms with van der Waals surface area (Å²) in [5.74, 6) is -0.954. The van der Waals surface area contributed by atoms with Crippen LogP contribution in [0, 0.1) is 6.92 Å². The van der Waals surface area contributed by atoms with Gasteiger partial charge in [-0.25, -0.2) is 14.8 Å². The monoisotopic (exact) mass is 261 g/mol. The lowest BCUT2D eigenvalue weighted by Gasteiger charge is -1.99. The fourth-order valence-electron chi connectivity index (χ4n) is 1.30. The van der Waals surface area contributed by atoms with Crippen LogP contribution in [0.3, 0.4) is 0 Å². The Morgan fingerprint density at radius 3 is 2.58 bits per heavy atom. The molecule has 100 valence electrons. The van der Waals surface area contributed by atoms with Gasteiger partial charge in [-0.3, -0.25) is 0 Å². The van der Waals surface area contributed by atoms with E-state index in [-0.39, 0.29) is 11.4 Å². The minimum atomic E-state index is -1.12. The maximum Gasteiger partial charge on any atom is 0.358 e. The molecular weight excluding hydrogens is 246 g/mol. The average Bonchev–Trinajstić information content (AvgIpc) is 2.39. The van der Waals surface area contributed by atoms with Crippen LogP contribution in [0.2, 0.25) is 0 Å². The number of carboxylic acids is 1. The molecule has 1 heterocycles. The molecule has 0 saturated carbocycles.